The molecule has 0 saturated heterocycles. The Labute approximate surface area is 140 Å². The van der Waals surface area contributed by atoms with Gasteiger partial charge in [-0.3, -0.25) is 0 Å². The van der Waals surface area contributed by atoms with Gasteiger partial charge in [-0.1, -0.05) is 13.8 Å². The molecule has 0 saturated carbocycles. The van der Waals surface area contributed by atoms with Crippen LogP contribution in [0.3, 0.4) is 0 Å². The summed E-state index contributed by atoms with van der Waals surface area (Å²) in [6, 6.07) is 0. The van der Waals surface area contributed by atoms with Crippen molar-refractivity contribution in [1.82, 2.24) is 19.8 Å². The number of rotatable bonds is 8. The van der Waals surface area contributed by atoms with E-state index in [1.54, 1.807) is 11.9 Å². The molecule has 0 aromatic carbocycles. The summed E-state index contributed by atoms with van der Waals surface area (Å²) in [6.45, 7) is 13.1. The third-order valence-electron chi connectivity index (χ3n) is 3.33. The molecule has 1 amide bonds. The maximum Gasteiger partial charge on any atom is 0.410 e. The van der Waals surface area contributed by atoms with Gasteiger partial charge in [0, 0.05) is 32.5 Å². The Balaban J connectivity index is 2.32. The van der Waals surface area contributed by atoms with Gasteiger partial charge in [0.2, 0.25) is 0 Å². The number of imidazole rings is 1. The van der Waals surface area contributed by atoms with Gasteiger partial charge in [0.15, 0.2) is 0 Å². The Bertz CT molecular complexity index is 479. The Hall–Kier alpha value is -1.56. The fraction of sp³-hybridized carbons (Fsp3) is 0.765. The van der Waals surface area contributed by atoms with Crippen LogP contribution in [0.2, 0.25) is 0 Å². The van der Waals surface area contributed by atoms with Crippen LogP contribution >= 0.6 is 0 Å². The summed E-state index contributed by atoms with van der Waals surface area (Å²) < 4.78 is 7.53. The van der Waals surface area contributed by atoms with E-state index in [9.17, 15) is 4.79 Å². The number of carbonyl (C=O) groups is 1. The largest absolute Gasteiger partial charge is 0.444 e. The van der Waals surface area contributed by atoms with Gasteiger partial charge in [0.05, 0.1) is 6.54 Å². The van der Waals surface area contributed by atoms with E-state index < -0.39 is 5.60 Å². The van der Waals surface area contributed by atoms with Gasteiger partial charge >= 0.3 is 6.09 Å². The van der Waals surface area contributed by atoms with Crippen LogP contribution in [0.15, 0.2) is 12.4 Å². The van der Waals surface area contributed by atoms with Gasteiger partial charge in [0.1, 0.15) is 11.4 Å². The number of ether oxygens (including phenoxy) is 1. The number of carbonyl (C=O) groups excluding carboxylic acids is 1. The second-order valence-electron chi connectivity index (χ2n) is 7.13. The molecule has 1 N–H and O–H groups in total. The number of aromatic nitrogens is 2. The SMILES string of the molecule is CCCn1ccnc1CNCC(C)CN(C)C(=O)OC(C)(C)C. The van der Waals surface area contributed by atoms with Crippen molar-refractivity contribution in [3.05, 3.63) is 18.2 Å². The maximum atomic E-state index is 11.9. The van der Waals surface area contributed by atoms with Crippen LogP contribution < -0.4 is 5.32 Å². The Kier molecular flexibility index (Phi) is 7.55. The molecular weight excluding hydrogens is 292 g/mol. The first-order chi connectivity index (χ1) is 10.7. The van der Waals surface area contributed by atoms with Crippen LogP contribution in [0, 0.1) is 5.92 Å². The van der Waals surface area contributed by atoms with Gasteiger partial charge in [-0.15, -0.1) is 0 Å². The van der Waals surface area contributed by atoms with E-state index >= 15 is 0 Å². The van der Waals surface area contributed by atoms with Crippen molar-refractivity contribution in [2.45, 2.75) is 59.7 Å². The molecule has 0 fully saturated rings. The van der Waals surface area contributed by atoms with Gasteiger partial charge in [-0.2, -0.15) is 0 Å². The predicted octanol–water partition coefficient (Wildman–Crippen LogP) is 2.89. The lowest BCUT2D eigenvalue weighted by Crippen LogP contribution is -2.38. The first-order valence-electron chi connectivity index (χ1n) is 8.37. The average Bonchev–Trinajstić information content (AvgIpc) is 2.84. The molecular formula is C17H32N4O2. The van der Waals surface area contributed by atoms with Crippen molar-refractivity contribution in [2.24, 2.45) is 5.92 Å². The monoisotopic (exact) mass is 324 g/mol. The van der Waals surface area contributed by atoms with Crippen molar-refractivity contribution >= 4 is 6.09 Å². The lowest BCUT2D eigenvalue weighted by molar-refractivity contribution is 0.0277. The first-order valence-corrected chi connectivity index (χ1v) is 8.37. The number of aryl methyl sites for hydroxylation is 1. The van der Waals surface area contributed by atoms with Crippen LogP contribution in [0.25, 0.3) is 0 Å². The van der Waals surface area contributed by atoms with E-state index in [2.05, 4.69) is 28.7 Å². The van der Waals surface area contributed by atoms with E-state index in [1.807, 2.05) is 33.2 Å². The first kappa shape index (κ1) is 19.5. The lowest BCUT2D eigenvalue weighted by Gasteiger charge is -2.26. The Morgan fingerprint density at radius 1 is 1.48 bits per heavy atom. The minimum Gasteiger partial charge on any atom is -0.444 e. The molecule has 6 heteroatoms. The fourth-order valence-corrected chi connectivity index (χ4v) is 2.33. The molecule has 0 radical (unpaired) electrons. The molecule has 1 atom stereocenters. The zero-order chi connectivity index (χ0) is 17.5. The fourth-order valence-electron chi connectivity index (χ4n) is 2.33. The molecule has 132 valence electrons. The summed E-state index contributed by atoms with van der Waals surface area (Å²) in [7, 11) is 1.78. The Morgan fingerprint density at radius 2 is 2.17 bits per heavy atom. The minimum atomic E-state index is -0.455. The highest BCUT2D eigenvalue weighted by atomic mass is 16.6. The summed E-state index contributed by atoms with van der Waals surface area (Å²) >= 11 is 0. The summed E-state index contributed by atoms with van der Waals surface area (Å²) in [4.78, 5) is 18.0. The standard InChI is InChI=1S/C17H32N4O2/c1-7-9-21-10-8-19-15(21)12-18-11-14(2)13-20(6)16(22)23-17(3,4)5/h8,10,14,18H,7,9,11-13H2,1-6H3. The van der Waals surface area contributed by atoms with E-state index in [-0.39, 0.29) is 6.09 Å². The van der Waals surface area contributed by atoms with Crippen LogP contribution in [0.5, 0.6) is 0 Å². The molecule has 0 aliphatic carbocycles. The molecule has 0 spiro atoms. The summed E-state index contributed by atoms with van der Waals surface area (Å²) in [5, 5.41) is 3.42. The maximum absolute atomic E-state index is 11.9. The van der Waals surface area contributed by atoms with Crippen LogP contribution in [0.1, 0.15) is 46.9 Å². The van der Waals surface area contributed by atoms with E-state index in [0.717, 1.165) is 31.9 Å². The van der Waals surface area contributed by atoms with E-state index in [4.69, 9.17) is 4.74 Å². The molecule has 0 aliphatic heterocycles. The third-order valence-corrected chi connectivity index (χ3v) is 3.33. The molecule has 0 bridgehead atoms. The van der Waals surface area contributed by atoms with E-state index in [1.165, 1.54) is 0 Å². The molecule has 0 aliphatic rings. The van der Waals surface area contributed by atoms with Gasteiger partial charge in [-0.05, 0) is 39.7 Å². The van der Waals surface area contributed by atoms with Crippen molar-refractivity contribution in [3.8, 4) is 0 Å². The normalized spacial score (nSPS) is 13.0. The van der Waals surface area contributed by atoms with Gasteiger partial charge < -0.3 is 19.5 Å². The summed E-state index contributed by atoms with van der Waals surface area (Å²) in [5.74, 6) is 1.39. The summed E-state index contributed by atoms with van der Waals surface area (Å²) in [6.07, 6.45) is 4.68. The molecule has 1 aromatic heterocycles. The molecule has 1 aromatic rings. The van der Waals surface area contributed by atoms with Gasteiger partial charge in [0.25, 0.3) is 0 Å². The van der Waals surface area contributed by atoms with Crippen LogP contribution in [0.4, 0.5) is 4.79 Å². The zero-order valence-electron chi connectivity index (χ0n) is 15.4. The predicted molar refractivity (Wildman–Crippen MR) is 92.3 cm³/mol. The topological polar surface area (TPSA) is 59.4 Å². The minimum absolute atomic E-state index is 0.275. The zero-order valence-corrected chi connectivity index (χ0v) is 15.4. The van der Waals surface area contributed by atoms with Crippen LogP contribution in [-0.2, 0) is 17.8 Å². The Morgan fingerprint density at radius 3 is 2.78 bits per heavy atom. The number of nitrogens with zero attached hydrogens (tertiary/aromatic N) is 3. The number of nitrogens with one attached hydrogen (secondary N) is 1. The second kappa shape index (κ2) is 8.91. The number of amides is 1. The van der Waals surface area contributed by atoms with E-state index in [0.29, 0.717) is 12.5 Å². The van der Waals surface area contributed by atoms with Crippen molar-refractivity contribution in [2.75, 3.05) is 20.1 Å². The molecule has 1 heterocycles. The van der Waals surface area contributed by atoms with Crippen molar-refractivity contribution < 1.29 is 9.53 Å². The molecule has 1 unspecified atom stereocenters. The molecule has 1 rings (SSSR count). The summed E-state index contributed by atoms with van der Waals surface area (Å²) in [5.41, 5.74) is -0.455. The third kappa shape index (κ3) is 7.50. The highest BCUT2D eigenvalue weighted by Crippen LogP contribution is 2.10. The van der Waals surface area contributed by atoms with Crippen molar-refractivity contribution in [1.29, 1.82) is 0 Å². The number of hydrogen-bond acceptors (Lipinski definition) is 4. The average molecular weight is 324 g/mol. The molecule has 6 nitrogen and oxygen atoms in total. The number of hydrogen-bond donors (Lipinski definition) is 1. The lowest BCUT2D eigenvalue weighted by atomic mass is 10.1. The second-order valence-corrected chi connectivity index (χ2v) is 7.13. The highest BCUT2D eigenvalue weighted by molar-refractivity contribution is 5.67. The molecule has 23 heavy (non-hydrogen) atoms. The van der Waals surface area contributed by atoms with Crippen LogP contribution in [-0.4, -0.2) is 46.3 Å². The van der Waals surface area contributed by atoms with Gasteiger partial charge in [-0.25, -0.2) is 9.78 Å². The highest BCUT2D eigenvalue weighted by Gasteiger charge is 2.20. The van der Waals surface area contributed by atoms with Crippen molar-refractivity contribution in [3.63, 3.8) is 0 Å². The quantitative estimate of drug-likeness (QED) is 0.799. The smallest absolute Gasteiger partial charge is 0.410 e.